The van der Waals surface area contributed by atoms with Gasteiger partial charge in [0.05, 0.1) is 17.8 Å². The first-order valence-electron chi connectivity index (χ1n) is 12.6. The number of benzene rings is 1. The van der Waals surface area contributed by atoms with E-state index in [-0.39, 0.29) is 29.6 Å². The number of aromatic nitrogens is 4. The molecule has 0 spiro atoms. The van der Waals surface area contributed by atoms with Crippen molar-refractivity contribution in [3.63, 3.8) is 0 Å². The van der Waals surface area contributed by atoms with Crippen molar-refractivity contribution in [3.8, 4) is 11.5 Å². The number of halogens is 3. The Kier molecular flexibility index (Phi) is 9.32. The molecule has 0 aliphatic heterocycles. The molecule has 2 N–H and O–H groups in total. The van der Waals surface area contributed by atoms with Gasteiger partial charge in [-0.25, -0.2) is 0 Å². The SMILES string of the molecule is CCCC[C@@H](C(=O)C(=O)Nc1ccn[nH]1)N(C(=O)[O-])[C@@H](c1nnc(-c2ccc(C(F)(F)F)cc2)o1)C(C)(C)CC. The van der Waals surface area contributed by atoms with E-state index in [4.69, 9.17) is 4.42 Å². The number of aromatic amines is 1. The minimum Gasteiger partial charge on any atom is -0.530 e. The smallest absolute Gasteiger partial charge is 0.416 e. The number of nitrogens with one attached hydrogen (secondary N) is 2. The number of nitrogens with zero attached hydrogens (tertiary/aromatic N) is 4. The van der Waals surface area contributed by atoms with Crippen LogP contribution in [0.25, 0.3) is 11.5 Å². The lowest BCUT2D eigenvalue weighted by atomic mass is 9.79. The van der Waals surface area contributed by atoms with Gasteiger partial charge in [-0.05, 0) is 42.5 Å². The van der Waals surface area contributed by atoms with Crippen molar-refractivity contribution in [2.45, 2.75) is 71.6 Å². The molecule has 14 heteroatoms. The van der Waals surface area contributed by atoms with Crippen LogP contribution in [0.4, 0.5) is 23.8 Å². The molecule has 2 atom stereocenters. The van der Waals surface area contributed by atoms with E-state index in [9.17, 15) is 32.7 Å². The van der Waals surface area contributed by atoms with E-state index in [1.54, 1.807) is 20.8 Å². The number of alkyl halides is 3. The Balaban J connectivity index is 2.04. The first-order chi connectivity index (χ1) is 18.8. The molecule has 0 saturated heterocycles. The molecule has 11 nitrogen and oxygen atoms in total. The standard InChI is InChI=1S/C26H31F3N6O5/c1-5-7-8-17(19(36)21(37)31-18-13-14-30-32-18)35(24(38)39)20(25(3,4)6-2)23-34-33-22(40-23)15-9-11-16(12-10-15)26(27,28)29/h9-14,17,20H,5-8H2,1-4H3,(H,38,39)(H2,30,31,32,37)/p-1/t17-,20-/m0/s1. The van der Waals surface area contributed by atoms with E-state index in [1.807, 2.05) is 6.92 Å². The summed E-state index contributed by atoms with van der Waals surface area (Å²) in [5.74, 6) is -2.27. The summed E-state index contributed by atoms with van der Waals surface area (Å²) in [6.45, 7) is 7.09. The Bertz CT molecular complexity index is 1310. The van der Waals surface area contributed by atoms with E-state index in [2.05, 4.69) is 25.7 Å². The lowest BCUT2D eigenvalue weighted by Gasteiger charge is -2.44. The molecular formula is C26H30F3N6O5-. The van der Waals surface area contributed by atoms with Crippen molar-refractivity contribution in [1.82, 2.24) is 25.3 Å². The van der Waals surface area contributed by atoms with Crippen LogP contribution < -0.4 is 10.4 Å². The molecule has 216 valence electrons. The first kappa shape index (κ1) is 30.3. The maximum Gasteiger partial charge on any atom is 0.416 e. The van der Waals surface area contributed by atoms with Crippen LogP contribution in [0.2, 0.25) is 0 Å². The van der Waals surface area contributed by atoms with Gasteiger partial charge in [-0.15, -0.1) is 10.2 Å². The fourth-order valence-corrected chi connectivity index (χ4v) is 4.15. The molecule has 3 rings (SSSR count). The summed E-state index contributed by atoms with van der Waals surface area (Å²) in [5.41, 5.74) is -1.60. The summed E-state index contributed by atoms with van der Waals surface area (Å²) < 4.78 is 44.7. The number of Topliss-reactive ketones (excluding diaryl/α,β-unsaturated/α-hetero) is 1. The van der Waals surface area contributed by atoms with Gasteiger partial charge < -0.3 is 24.5 Å². The number of unbranched alkanes of at least 4 members (excludes halogenated alkanes) is 1. The van der Waals surface area contributed by atoms with Crippen molar-refractivity contribution in [3.05, 3.63) is 48.0 Å². The minimum absolute atomic E-state index is 0.00982. The second-order valence-electron chi connectivity index (χ2n) is 9.89. The maximum absolute atomic E-state index is 13.4. The minimum atomic E-state index is -4.53. The van der Waals surface area contributed by atoms with Gasteiger partial charge in [-0.2, -0.15) is 18.3 Å². The Hall–Kier alpha value is -4.23. The molecule has 3 aromatic rings. The molecule has 0 unspecified atom stereocenters. The average Bonchev–Trinajstić information content (AvgIpc) is 3.60. The second kappa shape index (κ2) is 12.3. The predicted molar refractivity (Wildman–Crippen MR) is 134 cm³/mol. The van der Waals surface area contributed by atoms with E-state index in [0.717, 1.165) is 29.2 Å². The van der Waals surface area contributed by atoms with E-state index < -0.39 is 47.0 Å². The second-order valence-corrected chi connectivity index (χ2v) is 9.89. The fraction of sp³-hybridized carbons (Fsp3) is 0.462. The summed E-state index contributed by atoms with van der Waals surface area (Å²) >= 11 is 0. The normalized spacial score (nSPS) is 13.5. The average molecular weight is 564 g/mol. The quantitative estimate of drug-likeness (QED) is 0.308. The molecule has 0 aliphatic carbocycles. The molecule has 2 amide bonds. The number of rotatable bonds is 12. The molecule has 2 heterocycles. The number of carboxylic acid groups (broad SMARTS) is 1. The van der Waals surface area contributed by atoms with Gasteiger partial charge in [0.25, 0.3) is 5.91 Å². The van der Waals surface area contributed by atoms with Crippen LogP contribution in [0.1, 0.15) is 70.9 Å². The van der Waals surface area contributed by atoms with Crippen LogP contribution in [0.3, 0.4) is 0 Å². The Labute approximate surface area is 228 Å². The number of carbonyl (C=O) groups is 3. The van der Waals surface area contributed by atoms with Crippen molar-refractivity contribution < 1.29 is 37.1 Å². The van der Waals surface area contributed by atoms with Crippen molar-refractivity contribution in [2.24, 2.45) is 5.41 Å². The van der Waals surface area contributed by atoms with Gasteiger partial charge in [0.1, 0.15) is 18.0 Å². The first-order valence-corrected chi connectivity index (χ1v) is 12.6. The highest BCUT2D eigenvalue weighted by Gasteiger charge is 2.44. The van der Waals surface area contributed by atoms with E-state index in [1.165, 1.54) is 12.3 Å². The summed E-state index contributed by atoms with van der Waals surface area (Å²) in [5, 5.41) is 29.2. The molecule has 0 radical (unpaired) electrons. The van der Waals surface area contributed by atoms with Crippen LogP contribution in [0, 0.1) is 5.41 Å². The topological polar surface area (TPSA) is 157 Å². The van der Waals surface area contributed by atoms with Gasteiger partial charge in [0.15, 0.2) is 0 Å². The highest BCUT2D eigenvalue weighted by atomic mass is 19.4. The third-order valence-electron chi connectivity index (χ3n) is 6.72. The number of H-pyrrole nitrogens is 1. The number of amides is 2. The van der Waals surface area contributed by atoms with Gasteiger partial charge in [0.2, 0.25) is 17.6 Å². The van der Waals surface area contributed by atoms with Crippen molar-refractivity contribution in [1.29, 1.82) is 0 Å². The molecule has 0 fully saturated rings. The molecule has 0 aliphatic rings. The zero-order chi connectivity index (χ0) is 29.7. The van der Waals surface area contributed by atoms with E-state index >= 15 is 0 Å². The molecular weight excluding hydrogens is 533 g/mol. The summed E-state index contributed by atoms with van der Waals surface area (Å²) in [6, 6.07) is 2.77. The van der Waals surface area contributed by atoms with Crippen molar-refractivity contribution in [2.75, 3.05) is 5.32 Å². The number of carbonyl (C=O) groups excluding carboxylic acids is 3. The predicted octanol–water partition coefficient (Wildman–Crippen LogP) is 4.37. The number of hydrogen-bond acceptors (Lipinski definition) is 8. The summed E-state index contributed by atoms with van der Waals surface area (Å²) in [6.07, 6.45) is -3.49. The Morgan fingerprint density at radius 1 is 1.10 bits per heavy atom. The fourth-order valence-electron chi connectivity index (χ4n) is 4.15. The highest BCUT2D eigenvalue weighted by Crippen LogP contribution is 2.43. The molecule has 40 heavy (non-hydrogen) atoms. The lowest BCUT2D eigenvalue weighted by Crippen LogP contribution is -2.57. The van der Waals surface area contributed by atoms with Crippen LogP contribution in [0.15, 0.2) is 40.9 Å². The van der Waals surface area contributed by atoms with Gasteiger partial charge in [-0.3, -0.25) is 14.7 Å². The van der Waals surface area contributed by atoms with Crippen LogP contribution >= 0.6 is 0 Å². The maximum atomic E-state index is 13.4. The molecule has 2 aromatic heterocycles. The van der Waals surface area contributed by atoms with Gasteiger partial charge in [0, 0.05) is 11.6 Å². The molecule has 1 aromatic carbocycles. The zero-order valence-corrected chi connectivity index (χ0v) is 22.4. The largest absolute Gasteiger partial charge is 0.530 e. The summed E-state index contributed by atoms with van der Waals surface area (Å²) in [4.78, 5) is 39.6. The van der Waals surface area contributed by atoms with Gasteiger partial charge in [-0.1, -0.05) is 40.5 Å². The van der Waals surface area contributed by atoms with Gasteiger partial charge >= 0.3 is 6.18 Å². The summed E-state index contributed by atoms with van der Waals surface area (Å²) in [7, 11) is 0. The van der Waals surface area contributed by atoms with Crippen LogP contribution in [-0.2, 0) is 15.8 Å². The zero-order valence-electron chi connectivity index (χ0n) is 22.4. The highest BCUT2D eigenvalue weighted by molar-refractivity contribution is 6.42. The van der Waals surface area contributed by atoms with E-state index in [0.29, 0.717) is 19.3 Å². The number of hydrogen-bond donors (Lipinski definition) is 2. The van der Waals surface area contributed by atoms with Crippen LogP contribution in [0.5, 0.6) is 0 Å². The number of anilines is 1. The van der Waals surface area contributed by atoms with Crippen molar-refractivity contribution >= 4 is 23.6 Å². The monoisotopic (exact) mass is 563 g/mol. The Morgan fingerprint density at radius 3 is 2.30 bits per heavy atom. The third-order valence-corrected chi connectivity index (χ3v) is 6.72. The number of ketones is 1. The van der Waals surface area contributed by atoms with Crippen LogP contribution in [-0.4, -0.2) is 49.1 Å². The third kappa shape index (κ3) is 6.85. The Morgan fingerprint density at radius 2 is 1.77 bits per heavy atom. The molecule has 0 bridgehead atoms. The lowest BCUT2D eigenvalue weighted by molar-refractivity contribution is -0.273. The molecule has 0 saturated carbocycles.